The Hall–Kier alpha value is -1.77. The summed E-state index contributed by atoms with van der Waals surface area (Å²) in [6, 6.07) is 0. The monoisotopic (exact) mass is 306 g/mol. The smallest absolute Gasteiger partial charge is 0.183 e. The summed E-state index contributed by atoms with van der Waals surface area (Å²) in [7, 11) is 0. The van der Waals surface area contributed by atoms with E-state index in [-0.39, 0.29) is 12.2 Å². The van der Waals surface area contributed by atoms with E-state index in [2.05, 4.69) is 38.7 Å². The number of ether oxygens (including phenoxy) is 1. The van der Waals surface area contributed by atoms with Crippen molar-refractivity contribution in [1.29, 1.82) is 0 Å². The first-order valence-electron chi connectivity index (χ1n) is 7.52. The van der Waals surface area contributed by atoms with Gasteiger partial charge in [-0.15, -0.1) is 0 Å². The summed E-state index contributed by atoms with van der Waals surface area (Å²) in [5.41, 5.74) is 6.93. The van der Waals surface area contributed by atoms with Gasteiger partial charge in [-0.3, -0.25) is 4.90 Å². The van der Waals surface area contributed by atoms with E-state index in [9.17, 15) is 5.11 Å². The van der Waals surface area contributed by atoms with Crippen LogP contribution in [0.5, 0.6) is 0 Å². The van der Waals surface area contributed by atoms with Gasteiger partial charge in [-0.1, -0.05) is 0 Å². The molecule has 0 radical (unpaired) electrons. The Morgan fingerprint density at radius 1 is 1.41 bits per heavy atom. The van der Waals surface area contributed by atoms with Gasteiger partial charge >= 0.3 is 0 Å². The van der Waals surface area contributed by atoms with Crippen LogP contribution < -0.4 is 5.73 Å². The zero-order valence-corrected chi connectivity index (χ0v) is 12.9. The average molecular weight is 306 g/mol. The summed E-state index contributed by atoms with van der Waals surface area (Å²) in [5, 5.41) is 10.3. The summed E-state index contributed by atoms with van der Waals surface area (Å²) >= 11 is 0. The lowest BCUT2D eigenvalue weighted by molar-refractivity contribution is -0.0763. The Balaban J connectivity index is 1.63. The molecule has 0 amide bonds. The van der Waals surface area contributed by atoms with Crippen LogP contribution in [0.25, 0.3) is 11.2 Å². The van der Waals surface area contributed by atoms with E-state index >= 15 is 0 Å². The molecule has 1 saturated heterocycles. The topological polar surface area (TPSA) is 113 Å². The molecule has 22 heavy (non-hydrogen) atoms. The van der Waals surface area contributed by atoms with Gasteiger partial charge in [0.15, 0.2) is 11.5 Å². The van der Waals surface area contributed by atoms with Gasteiger partial charge in [0.1, 0.15) is 17.7 Å². The highest BCUT2D eigenvalue weighted by Crippen LogP contribution is 2.15. The Morgan fingerprint density at radius 2 is 2.14 bits per heavy atom. The van der Waals surface area contributed by atoms with E-state index in [1.165, 1.54) is 6.33 Å². The van der Waals surface area contributed by atoms with Crippen LogP contribution in [0.3, 0.4) is 0 Å². The number of aromatic amines is 1. The number of nitrogens with two attached hydrogens (primary N) is 1. The van der Waals surface area contributed by atoms with Crippen molar-refractivity contribution in [2.45, 2.75) is 38.6 Å². The van der Waals surface area contributed by atoms with Crippen LogP contribution in [-0.2, 0) is 11.2 Å². The summed E-state index contributed by atoms with van der Waals surface area (Å²) in [6.45, 7) is 6.36. The van der Waals surface area contributed by atoms with Gasteiger partial charge in [0.2, 0.25) is 0 Å². The van der Waals surface area contributed by atoms with Gasteiger partial charge in [0.25, 0.3) is 0 Å². The normalized spacial score (nSPS) is 24.7. The minimum absolute atomic E-state index is 0.192. The van der Waals surface area contributed by atoms with Crippen LogP contribution in [0.4, 0.5) is 5.82 Å². The fourth-order valence-electron chi connectivity index (χ4n) is 3.01. The highest BCUT2D eigenvalue weighted by molar-refractivity contribution is 5.80. The van der Waals surface area contributed by atoms with E-state index in [0.29, 0.717) is 35.8 Å². The van der Waals surface area contributed by atoms with Gasteiger partial charge in [0.05, 0.1) is 18.3 Å². The summed E-state index contributed by atoms with van der Waals surface area (Å²) < 4.78 is 5.70. The molecule has 8 nitrogen and oxygen atoms in total. The second-order valence-electron chi connectivity index (χ2n) is 5.97. The standard InChI is InChI=1S/C14H22N6O2/c1-8-4-20(5-9(2)22-8)6-10(21)3-11-18-12-13(15)16-7-17-14(12)19-11/h7-10,21H,3-6H2,1-2H3,(H3,15,16,17,18,19)/t8-,9+,10?. The van der Waals surface area contributed by atoms with Crippen LogP contribution in [0.15, 0.2) is 6.33 Å². The van der Waals surface area contributed by atoms with Crippen molar-refractivity contribution < 1.29 is 9.84 Å². The molecule has 4 N–H and O–H groups in total. The number of aromatic nitrogens is 4. The molecule has 1 unspecified atom stereocenters. The van der Waals surface area contributed by atoms with Crippen molar-refractivity contribution >= 4 is 17.0 Å². The van der Waals surface area contributed by atoms with E-state index in [0.717, 1.165) is 13.1 Å². The molecule has 3 heterocycles. The highest BCUT2D eigenvalue weighted by atomic mass is 16.5. The number of nitrogen functional groups attached to an aromatic ring is 1. The van der Waals surface area contributed by atoms with Crippen molar-refractivity contribution in [2.75, 3.05) is 25.4 Å². The lowest BCUT2D eigenvalue weighted by Crippen LogP contribution is -2.48. The first kappa shape index (κ1) is 15.1. The van der Waals surface area contributed by atoms with E-state index in [1.807, 2.05) is 0 Å². The van der Waals surface area contributed by atoms with Crippen molar-refractivity contribution in [3.8, 4) is 0 Å². The third-order valence-corrected chi connectivity index (χ3v) is 3.76. The zero-order valence-electron chi connectivity index (χ0n) is 12.9. The first-order valence-corrected chi connectivity index (χ1v) is 7.52. The van der Waals surface area contributed by atoms with Crippen LogP contribution in [0, 0.1) is 0 Å². The summed E-state index contributed by atoms with van der Waals surface area (Å²) in [6.07, 6.45) is 1.69. The van der Waals surface area contributed by atoms with E-state index in [4.69, 9.17) is 10.5 Å². The third kappa shape index (κ3) is 3.34. The zero-order chi connectivity index (χ0) is 15.7. The van der Waals surface area contributed by atoms with Crippen LogP contribution in [0.1, 0.15) is 19.7 Å². The average Bonchev–Trinajstić information content (AvgIpc) is 2.81. The number of H-pyrrole nitrogens is 1. The third-order valence-electron chi connectivity index (χ3n) is 3.76. The Kier molecular flexibility index (Phi) is 4.23. The number of rotatable bonds is 4. The van der Waals surface area contributed by atoms with Gasteiger partial charge < -0.3 is 20.6 Å². The highest BCUT2D eigenvalue weighted by Gasteiger charge is 2.24. The molecular formula is C14H22N6O2. The number of nitrogens with one attached hydrogen (secondary N) is 1. The van der Waals surface area contributed by atoms with E-state index < -0.39 is 6.10 Å². The number of nitrogens with zero attached hydrogens (tertiary/aromatic N) is 4. The van der Waals surface area contributed by atoms with Crippen LogP contribution in [-0.4, -0.2) is 67.9 Å². The number of aliphatic hydroxyl groups is 1. The Bertz CT molecular complexity index is 635. The SMILES string of the molecule is C[C@@H]1CN(CC(O)Cc2nc3ncnc(N)c3[nH]2)C[C@H](C)O1. The van der Waals surface area contributed by atoms with Gasteiger partial charge in [-0.05, 0) is 13.8 Å². The molecule has 3 atom stereocenters. The van der Waals surface area contributed by atoms with Crippen LogP contribution >= 0.6 is 0 Å². The fourth-order valence-corrected chi connectivity index (χ4v) is 3.01. The minimum Gasteiger partial charge on any atom is -0.391 e. The number of aliphatic hydroxyl groups excluding tert-OH is 1. The fraction of sp³-hybridized carbons (Fsp3) is 0.643. The first-order chi connectivity index (χ1) is 10.5. The van der Waals surface area contributed by atoms with Gasteiger partial charge in [-0.2, -0.15) is 0 Å². The molecule has 120 valence electrons. The largest absolute Gasteiger partial charge is 0.391 e. The van der Waals surface area contributed by atoms with Crippen molar-refractivity contribution in [3.05, 3.63) is 12.2 Å². The lowest BCUT2D eigenvalue weighted by Gasteiger charge is -2.36. The Morgan fingerprint density at radius 3 is 2.82 bits per heavy atom. The maximum Gasteiger partial charge on any atom is 0.183 e. The molecule has 0 aliphatic carbocycles. The summed E-state index contributed by atoms with van der Waals surface area (Å²) in [5.74, 6) is 1.04. The molecule has 1 aliphatic heterocycles. The maximum atomic E-state index is 10.3. The number of anilines is 1. The predicted molar refractivity (Wildman–Crippen MR) is 82.3 cm³/mol. The molecule has 0 saturated carbocycles. The maximum absolute atomic E-state index is 10.3. The number of morpholine rings is 1. The molecule has 0 spiro atoms. The second kappa shape index (κ2) is 6.15. The molecule has 8 heteroatoms. The van der Waals surface area contributed by atoms with Crippen LogP contribution in [0.2, 0.25) is 0 Å². The van der Waals surface area contributed by atoms with Gasteiger partial charge in [-0.25, -0.2) is 15.0 Å². The number of imidazole rings is 1. The predicted octanol–water partition coefficient (Wildman–Crippen LogP) is -0.0523. The number of hydrogen-bond donors (Lipinski definition) is 3. The van der Waals surface area contributed by atoms with Crippen molar-refractivity contribution in [2.24, 2.45) is 0 Å². The molecule has 3 rings (SSSR count). The molecule has 0 bridgehead atoms. The molecule has 2 aromatic heterocycles. The van der Waals surface area contributed by atoms with E-state index in [1.54, 1.807) is 0 Å². The van der Waals surface area contributed by atoms with Gasteiger partial charge in [0, 0.05) is 26.1 Å². The minimum atomic E-state index is -0.507. The molecule has 2 aromatic rings. The number of β-amino-alcohol motifs (C(OH)–C–C–N with tert-alkyl or cyclic N) is 1. The van der Waals surface area contributed by atoms with Crippen molar-refractivity contribution in [1.82, 2.24) is 24.8 Å². The lowest BCUT2D eigenvalue weighted by atomic mass is 10.2. The molecule has 1 aliphatic rings. The molecular weight excluding hydrogens is 284 g/mol. The number of fused-ring (bicyclic) bond motifs is 1. The Labute approximate surface area is 128 Å². The molecule has 1 fully saturated rings. The number of hydrogen-bond acceptors (Lipinski definition) is 7. The van der Waals surface area contributed by atoms with Crippen molar-refractivity contribution in [3.63, 3.8) is 0 Å². The quantitative estimate of drug-likeness (QED) is 0.725. The summed E-state index contributed by atoms with van der Waals surface area (Å²) in [4.78, 5) is 17.6. The molecule has 0 aromatic carbocycles. The second-order valence-corrected chi connectivity index (χ2v) is 5.97.